The van der Waals surface area contributed by atoms with E-state index >= 15 is 0 Å². The summed E-state index contributed by atoms with van der Waals surface area (Å²) in [6.07, 6.45) is 2.74. The van der Waals surface area contributed by atoms with Crippen LogP contribution in [-0.4, -0.2) is 58.2 Å². The number of hydrogen-bond donors (Lipinski definition) is 0. The van der Waals surface area contributed by atoms with E-state index in [1.54, 1.807) is 10.7 Å². The summed E-state index contributed by atoms with van der Waals surface area (Å²) in [4.78, 5) is 22.1. The molecule has 0 aliphatic carbocycles. The fourth-order valence-electron chi connectivity index (χ4n) is 4.57. The summed E-state index contributed by atoms with van der Waals surface area (Å²) in [6, 6.07) is 14.5. The number of aromatic nitrogens is 2. The van der Waals surface area contributed by atoms with Crippen molar-refractivity contribution in [3.8, 4) is 27.6 Å². The predicted octanol–water partition coefficient (Wildman–Crippen LogP) is 5.33. The third-order valence-corrected chi connectivity index (χ3v) is 7.55. The summed E-state index contributed by atoms with van der Waals surface area (Å²) in [7, 11) is 1.87. The summed E-state index contributed by atoms with van der Waals surface area (Å²) < 4.78 is 16.3. The van der Waals surface area contributed by atoms with Crippen LogP contribution in [0.3, 0.4) is 0 Å². The number of hydrogen-bond acceptors (Lipinski definition) is 5. The summed E-state index contributed by atoms with van der Waals surface area (Å²) in [5.41, 5.74) is 3.13. The molecule has 3 heterocycles. The van der Waals surface area contributed by atoms with Crippen molar-refractivity contribution in [2.45, 2.75) is 6.42 Å². The van der Waals surface area contributed by atoms with Crippen molar-refractivity contribution >= 4 is 33.8 Å². The van der Waals surface area contributed by atoms with Gasteiger partial charge in [0.25, 0.3) is 5.91 Å². The van der Waals surface area contributed by atoms with Gasteiger partial charge in [-0.3, -0.25) is 14.4 Å². The van der Waals surface area contributed by atoms with Crippen molar-refractivity contribution in [3.63, 3.8) is 0 Å². The van der Waals surface area contributed by atoms with Gasteiger partial charge < -0.3 is 4.90 Å². The lowest BCUT2D eigenvalue weighted by Crippen LogP contribution is -2.34. The van der Waals surface area contributed by atoms with Crippen LogP contribution in [0.4, 0.5) is 10.1 Å². The van der Waals surface area contributed by atoms with Crippen molar-refractivity contribution in [2.75, 3.05) is 32.7 Å². The first-order chi connectivity index (χ1) is 17.5. The molecule has 1 saturated heterocycles. The molecule has 4 aromatic rings. The van der Waals surface area contributed by atoms with Gasteiger partial charge in [-0.2, -0.15) is 10.4 Å². The van der Waals surface area contributed by atoms with Crippen LogP contribution in [0, 0.1) is 23.7 Å². The van der Waals surface area contributed by atoms with E-state index in [1.165, 1.54) is 23.5 Å². The Morgan fingerprint density at radius 2 is 2.00 bits per heavy atom. The molecule has 0 atom stereocenters. The summed E-state index contributed by atoms with van der Waals surface area (Å²) >= 11 is 1.39. The minimum Gasteiger partial charge on any atom is -0.337 e. The quantitative estimate of drug-likeness (QED) is 0.282. The van der Waals surface area contributed by atoms with Crippen LogP contribution in [0.25, 0.3) is 37.3 Å². The smallest absolute Gasteiger partial charge is 0.264 e. The Kier molecular flexibility index (Phi) is 6.51. The lowest BCUT2D eigenvalue weighted by molar-refractivity contribution is 0.0767. The van der Waals surface area contributed by atoms with Crippen LogP contribution < -0.4 is 0 Å². The molecule has 9 heteroatoms. The van der Waals surface area contributed by atoms with Crippen molar-refractivity contribution < 1.29 is 9.18 Å². The van der Waals surface area contributed by atoms with E-state index in [2.05, 4.69) is 20.9 Å². The Bertz CT molecular complexity index is 1540. The molecule has 1 aliphatic rings. The van der Waals surface area contributed by atoms with E-state index in [9.17, 15) is 9.18 Å². The number of rotatable bonds is 4. The Morgan fingerprint density at radius 3 is 2.78 bits per heavy atom. The van der Waals surface area contributed by atoms with Gasteiger partial charge in [0.1, 0.15) is 5.82 Å². The number of carbonyl (C=O) groups is 1. The topological polar surface area (TPSA) is 69.5 Å². The standard InChI is InChI=1S/C27H23FN6OS/c1-30-24-7-4-18(15-22(24)28)21-16-25(27(35)34-10-3-9-33(11-8-29)12-13-34)36-26(21)19-5-6-23-20(14-19)17-32(2)31-23/h4-7,14-17H,3,9-13H2,2H3. The second kappa shape index (κ2) is 9.90. The SMILES string of the molecule is [C-]#[N+]c1ccc(-c2cc(C(=O)N3CCCN(CC#N)CC3)sc2-c2ccc3nn(C)cc3c2)cc1F. The molecule has 2 aromatic carbocycles. The summed E-state index contributed by atoms with van der Waals surface area (Å²) in [5.74, 6) is -0.646. The molecule has 180 valence electrons. The van der Waals surface area contributed by atoms with E-state index in [0.29, 0.717) is 36.6 Å². The molecule has 0 bridgehead atoms. The number of amides is 1. The number of fused-ring (bicyclic) bond motifs is 1. The average molecular weight is 499 g/mol. The molecule has 1 fully saturated rings. The lowest BCUT2D eigenvalue weighted by Gasteiger charge is -2.20. The minimum absolute atomic E-state index is 0.0323. The Balaban J connectivity index is 1.56. The van der Waals surface area contributed by atoms with Gasteiger partial charge >= 0.3 is 0 Å². The Morgan fingerprint density at radius 1 is 1.17 bits per heavy atom. The zero-order valence-electron chi connectivity index (χ0n) is 19.7. The first kappa shape index (κ1) is 23.7. The van der Waals surface area contributed by atoms with Crippen LogP contribution >= 0.6 is 11.3 Å². The highest BCUT2D eigenvalue weighted by Crippen LogP contribution is 2.41. The normalized spacial score (nSPS) is 14.4. The van der Waals surface area contributed by atoms with E-state index in [-0.39, 0.29) is 11.6 Å². The molecule has 2 aromatic heterocycles. The molecule has 5 rings (SSSR count). The number of thiophene rings is 1. The highest BCUT2D eigenvalue weighted by atomic mass is 32.1. The third kappa shape index (κ3) is 4.59. The minimum atomic E-state index is -0.583. The monoisotopic (exact) mass is 498 g/mol. The van der Waals surface area contributed by atoms with Gasteiger partial charge in [-0.1, -0.05) is 18.2 Å². The molecule has 1 amide bonds. The first-order valence-corrected chi connectivity index (χ1v) is 12.4. The fourth-order valence-corrected chi connectivity index (χ4v) is 5.71. The molecule has 7 nitrogen and oxygen atoms in total. The van der Waals surface area contributed by atoms with E-state index in [0.717, 1.165) is 39.9 Å². The molecule has 0 unspecified atom stereocenters. The van der Waals surface area contributed by atoms with Gasteiger partial charge in [0, 0.05) is 55.3 Å². The van der Waals surface area contributed by atoms with Gasteiger partial charge in [0.05, 0.1) is 29.6 Å². The number of benzene rings is 2. The second-order valence-electron chi connectivity index (χ2n) is 8.79. The third-order valence-electron chi connectivity index (χ3n) is 6.37. The fraction of sp³-hybridized carbons (Fsp3) is 0.259. The predicted molar refractivity (Wildman–Crippen MR) is 138 cm³/mol. The molecule has 0 N–H and O–H groups in total. The number of aryl methyl sites for hydroxylation is 1. The number of nitrogens with zero attached hydrogens (tertiary/aromatic N) is 6. The Labute approximate surface area is 212 Å². The molecule has 0 radical (unpaired) electrons. The number of halogens is 1. The summed E-state index contributed by atoms with van der Waals surface area (Å²) in [5, 5.41) is 14.4. The van der Waals surface area contributed by atoms with Crippen LogP contribution in [0.15, 0.2) is 48.7 Å². The Hall–Kier alpha value is -4.05. The number of carbonyl (C=O) groups excluding carboxylic acids is 1. The van der Waals surface area contributed by atoms with Crippen LogP contribution in [0.5, 0.6) is 0 Å². The molecule has 0 spiro atoms. The van der Waals surface area contributed by atoms with Crippen molar-refractivity contribution in [2.24, 2.45) is 7.05 Å². The van der Waals surface area contributed by atoms with Crippen molar-refractivity contribution in [1.29, 1.82) is 5.26 Å². The van der Waals surface area contributed by atoms with Gasteiger partial charge in [-0.25, -0.2) is 9.24 Å². The number of nitriles is 1. The average Bonchev–Trinajstić information content (AvgIpc) is 3.40. The van der Waals surface area contributed by atoms with E-state index in [1.807, 2.05) is 42.4 Å². The molecular weight excluding hydrogens is 475 g/mol. The van der Waals surface area contributed by atoms with Gasteiger partial charge in [0.15, 0.2) is 0 Å². The molecule has 36 heavy (non-hydrogen) atoms. The lowest BCUT2D eigenvalue weighted by atomic mass is 10.0. The highest BCUT2D eigenvalue weighted by molar-refractivity contribution is 7.18. The zero-order valence-corrected chi connectivity index (χ0v) is 20.6. The maximum absolute atomic E-state index is 14.6. The largest absolute Gasteiger partial charge is 0.337 e. The van der Waals surface area contributed by atoms with E-state index < -0.39 is 5.82 Å². The highest BCUT2D eigenvalue weighted by Gasteiger charge is 2.24. The first-order valence-electron chi connectivity index (χ1n) is 11.6. The second-order valence-corrected chi connectivity index (χ2v) is 9.84. The zero-order chi connectivity index (χ0) is 25.2. The van der Waals surface area contributed by atoms with Crippen LogP contribution in [0.2, 0.25) is 0 Å². The van der Waals surface area contributed by atoms with E-state index in [4.69, 9.17) is 11.8 Å². The van der Waals surface area contributed by atoms with Gasteiger partial charge in [-0.05, 0) is 41.8 Å². The molecule has 0 saturated carbocycles. The summed E-state index contributed by atoms with van der Waals surface area (Å²) in [6.45, 7) is 10.1. The maximum atomic E-state index is 14.6. The molecule has 1 aliphatic heterocycles. The van der Waals surface area contributed by atoms with Crippen molar-refractivity contribution in [3.05, 3.63) is 70.8 Å². The maximum Gasteiger partial charge on any atom is 0.264 e. The van der Waals surface area contributed by atoms with Crippen molar-refractivity contribution in [1.82, 2.24) is 19.6 Å². The van der Waals surface area contributed by atoms with Gasteiger partial charge in [0.2, 0.25) is 5.69 Å². The van der Waals surface area contributed by atoms with Crippen LogP contribution in [-0.2, 0) is 7.05 Å². The molecular formula is C27H23FN6OS. The van der Waals surface area contributed by atoms with Gasteiger partial charge in [-0.15, -0.1) is 11.3 Å². The van der Waals surface area contributed by atoms with Crippen LogP contribution in [0.1, 0.15) is 16.1 Å².